The monoisotopic (exact) mass is 287 g/mol. The molecule has 1 aliphatic heterocycles. The van der Waals surface area contributed by atoms with E-state index in [2.05, 4.69) is 0 Å². The third kappa shape index (κ3) is 1.77. The normalized spacial score (nSPS) is 13.8. The fraction of sp³-hybridized carbons (Fsp3) is 0.0667. The van der Waals surface area contributed by atoms with Crippen molar-refractivity contribution in [1.82, 2.24) is 0 Å². The van der Waals surface area contributed by atoms with Gasteiger partial charge in [-0.15, -0.1) is 0 Å². The molecule has 2 amide bonds. The van der Waals surface area contributed by atoms with Crippen LogP contribution < -0.4 is 4.90 Å². The number of aromatic hydroxyl groups is 1. The molecule has 20 heavy (non-hydrogen) atoms. The number of carbonyl (C=O) groups is 2. The Balaban J connectivity index is 2.11. The van der Waals surface area contributed by atoms with E-state index in [4.69, 9.17) is 11.6 Å². The van der Waals surface area contributed by atoms with Gasteiger partial charge in [0.25, 0.3) is 11.8 Å². The number of aryl methyl sites for hydroxylation is 1. The fourth-order valence-electron chi connectivity index (χ4n) is 2.23. The molecule has 2 aromatic carbocycles. The summed E-state index contributed by atoms with van der Waals surface area (Å²) >= 11 is 5.73. The molecule has 0 spiro atoms. The number of phenolic OH excluding ortho intramolecular Hbond substituents is 1. The fourth-order valence-corrected chi connectivity index (χ4v) is 2.35. The van der Waals surface area contributed by atoms with Gasteiger partial charge in [-0.25, -0.2) is 4.90 Å². The Hall–Kier alpha value is -2.33. The zero-order valence-electron chi connectivity index (χ0n) is 10.6. The predicted octanol–water partition coefficient (Wildman–Crippen LogP) is 3.15. The van der Waals surface area contributed by atoms with Crippen LogP contribution in [0, 0.1) is 6.92 Å². The molecule has 0 aromatic heterocycles. The molecule has 0 saturated heterocycles. The molecule has 1 aliphatic rings. The molecule has 0 bridgehead atoms. The minimum Gasteiger partial charge on any atom is -0.506 e. The molecule has 0 aliphatic carbocycles. The highest BCUT2D eigenvalue weighted by Crippen LogP contribution is 2.33. The van der Waals surface area contributed by atoms with Gasteiger partial charge in [-0.2, -0.15) is 0 Å². The summed E-state index contributed by atoms with van der Waals surface area (Å²) < 4.78 is 0. The maximum Gasteiger partial charge on any atom is 0.266 e. The molecule has 0 radical (unpaired) electrons. The molecule has 0 fully saturated rings. The van der Waals surface area contributed by atoms with Crippen molar-refractivity contribution < 1.29 is 14.7 Å². The van der Waals surface area contributed by atoms with Crippen LogP contribution in [0.2, 0.25) is 5.02 Å². The van der Waals surface area contributed by atoms with Gasteiger partial charge in [0, 0.05) is 6.07 Å². The molecule has 0 atom stereocenters. The number of anilines is 1. The lowest BCUT2D eigenvalue weighted by Crippen LogP contribution is -2.29. The number of amides is 2. The van der Waals surface area contributed by atoms with Gasteiger partial charge in [0.05, 0.1) is 21.8 Å². The molecular weight excluding hydrogens is 278 g/mol. The predicted molar refractivity (Wildman–Crippen MR) is 75.4 cm³/mol. The van der Waals surface area contributed by atoms with E-state index < -0.39 is 11.8 Å². The van der Waals surface area contributed by atoms with Gasteiger partial charge in [0.15, 0.2) is 0 Å². The Bertz CT molecular complexity index is 755. The third-order valence-electron chi connectivity index (χ3n) is 3.23. The van der Waals surface area contributed by atoms with E-state index in [1.807, 2.05) is 6.92 Å². The first kappa shape index (κ1) is 12.7. The highest BCUT2D eigenvalue weighted by molar-refractivity contribution is 6.35. The number of hydrogen-bond acceptors (Lipinski definition) is 3. The van der Waals surface area contributed by atoms with Crippen molar-refractivity contribution in [3.63, 3.8) is 0 Å². The summed E-state index contributed by atoms with van der Waals surface area (Å²) in [5.74, 6) is -0.959. The summed E-state index contributed by atoms with van der Waals surface area (Å²) in [5.41, 5.74) is 1.96. The van der Waals surface area contributed by atoms with E-state index in [1.54, 1.807) is 18.2 Å². The first-order valence-electron chi connectivity index (χ1n) is 5.97. The third-order valence-corrected chi connectivity index (χ3v) is 3.55. The molecule has 0 saturated carbocycles. The Morgan fingerprint density at radius 1 is 1.00 bits per heavy atom. The first-order valence-corrected chi connectivity index (χ1v) is 6.35. The van der Waals surface area contributed by atoms with Crippen LogP contribution >= 0.6 is 11.6 Å². The van der Waals surface area contributed by atoms with Gasteiger partial charge in [-0.1, -0.05) is 23.2 Å². The first-order chi connectivity index (χ1) is 9.49. The number of halogens is 1. The lowest BCUT2D eigenvalue weighted by molar-refractivity contribution is 0.0926. The van der Waals surface area contributed by atoms with E-state index in [-0.39, 0.29) is 10.8 Å². The van der Waals surface area contributed by atoms with Crippen LogP contribution in [0.4, 0.5) is 5.69 Å². The molecule has 0 unspecified atom stereocenters. The Kier molecular flexibility index (Phi) is 2.76. The van der Waals surface area contributed by atoms with Crippen molar-refractivity contribution in [1.29, 1.82) is 0 Å². The summed E-state index contributed by atoms with van der Waals surface area (Å²) in [6.45, 7) is 1.86. The van der Waals surface area contributed by atoms with Gasteiger partial charge in [0.2, 0.25) is 0 Å². The smallest absolute Gasteiger partial charge is 0.266 e. The number of nitrogens with zero attached hydrogens (tertiary/aromatic N) is 1. The van der Waals surface area contributed by atoms with Crippen molar-refractivity contribution in [2.24, 2.45) is 0 Å². The van der Waals surface area contributed by atoms with Gasteiger partial charge < -0.3 is 5.11 Å². The summed E-state index contributed by atoms with van der Waals surface area (Å²) in [6.07, 6.45) is 0. The van der Waals surface area contributed by atoms with Crippen molar-refractivity contribution in [3.8, 4) is 5.75 Å². The van der Waals surface area contributed by atoms with Crippen molar-refractivity contribution in [3.05, 3.63) is 58.1 Å². The van der Waals surface area contributed by atoms with Crippen LogP contribution in [-0.2, 0) is 0 Å². The second-order valence-corrected chi connectivity index (χ2v) is 5.04. The van der Waals surface area contributed by atoms with Crippen LogP contribution in [0.25, 0.3) is 0 Å². The largest absolute Gasteiger partial charge is 0.506 e. The lowest BCUT2D eigenvalue weighted by atomic mass is 10.1. The highest BCUT2D eigenvalue weighted by Gasteiger charge is 2.36. The zero-order valence-corrected chi connectivity index (χ0v) is 11.3. The number of rotatable bonds is 1. The van der Waals surface area contributed by atoms with Crippen molar-refractivity contribution in [2.75, 3.05) is 4.90 Å². The van der Waals surface area contributed by atoms with Crippen LogP contribution in [0.15, 0.2) is 36.4 Å². The maximum atomic E-state index is 12.3. The minimum atomic E-state index is -0.397. The van der Waals surface area contributed by atoms with Gasteiger partial charge >= 0.3 is 0 Å². The van der Waals surface area contributed by atoms with E-state index in [0.717, 1.165) is 10.5 Å². The number of phenols is 1. The molecular formula is C15H10ClNO3. The van der Waals surface area contributed by atoms with E-state index in [1.165, 1.54) is 18.2 Å². The maximum absolute atomic E-state index is 12.3. The molecule has 1 heterocycles. The molecule has 100 valence electrons. The van der Waals surface area contributed by atoms with Crippen LogP contribution in [0.1, 0.15) is 26.3 Å². The van der Waals surface area contributed by atoms with E-state index in [9.17, 15) is 14.7 Å². The van der Waals surface area contributed by atoms with Crippen LogP contribution in [0.5, 0.6) is 5.75 Å². The average Bonchev–Trinajstić information content (AvgIpc) is 2.65. The second kappa shape index (κ2) is 4.35. The van der Waals surface area contributed by atoms with Crippen molar-refractivity contribution in [2.45, 2.75) is 6.92 Å². The summed E-state index contributed by atoms with van der Waals surface area (Å²) in [6, 6.07) is 9.38. The molecule has 5 heteroatoms. The topological polar surface area (TPSA) is 57.6 Å². The summed E-state index contributed by atoms with van der Waals surface area (Å²) in [4.78, 5) is 25.7. The Labute approximate surface area is 120 Å². The molecule has 1 N–H and O–H groups in total. The average molecular weight is 288 g/mol. The van der Waals surface area contributed by atoms with E-state index >= 15 is 0 Å². The van der Waals surface area contributed by atoms with Crippen molar-refractivity contribution >= 4 is 29.1 Å². The van der Waals surface area contributed by atoms with Gasteiger partial charge in [0.1, 0.15) is 5.75 Å². The number of fused-ring (bicyclic) bond motifs is 1. The molecule has 4 nitrogen and oxygen atoms in total. The Morgan fingerprint density at radius 3 is 2.40 bits per heavy atom. The molecule has 2 aromatic rings. The van der Waals surface area contributed by atoms with Gasteiger partial charge in [-0.05, 0) is 31.2 Å². The zero-order chi connectivity index (χ0) is 14.4. The van der Waals surface area contributed by atoms with Crippen LogP contribution in [0.3, 0.4) is 0 Å². The Morgan fingerprint density at radius 2 is 1.70 bits per heavy atom. The SMILES string of the molecule is Cc1ccc2c(c1)C(=O)N(c1ccc(Cl)c(O)c1)C2=O. The summed E-state index contributed by atoms with van der Waals surface area (Å²) in [7, 11) is 0. The number of carbonyl (C=O) groups excluding carboxylic acids is 2. The number of benzene rings is 2. The highest BCUT2D eigenvalue weighted by atomic mass is 35.5. The lowest BCUT2D eigenvalue weighted by Gasteiger charge is -2.14. The summed E-state index contributed by atoms with van der Waals surface area (Å²) in [5, 5.41) is 9.78. The molecule has 3 rings (SSSR count). The van der Waals surface area contributed by atoms with Crippen LogP contribution in [-0.4, -0.2) is 16.9 Å². The minimum absolute atomic E-state index is 0.168. The van der Waals surface area contributed by atoms with E-state index in [0.29, 0.717) is 16.8 Å². The van der Waals surface area contributed by atoms with Gasteiger partial charge in [-0.3, -0.25) is 9.59 Å². The quantitative estimate of drug-likeness (QED) is 0.820. The standard InChI is InChI=1S/C15H10ClNO3/c1-8-2-4-10-11(6-8)15(20)17(14(10)19)9-3-5-12(16)13(18)7-9/h2-7,18H,1H3. The number of hydrogen-bond donors (Lipinski definition) is 1. The second-order valence-electron chi connectivity index (χ2n) is 4.63. The number of imide groups is 1.